The number of thioether (sulfide) groups is 1. The summed E-state index contributed by atoms with van der Waals surface area (Å²) in [6.07, 6.45) is 0. The van der Waals surface area contributed by atoms with E-state index in [4.69, 9.17) is 28.2 Å². The molecule has 1 N–H and O–H groups in total. The minimum atomic E-state index is -0.214. The maximum Gasteiger partial charge on any atom is 0.250 e. The summed E-state index contributed by atoms with van der Waals surface area (Å²) in [6, 6.07) is 21.7. The maximum atomic E-state index is 12.5. The fraction of sp³-hybridized carbons (Fsp3) is 0.160. The first-order valence-corrected chi connectivity index (χ1v) is 12.1. The van der Waals surface area contributed by atoms with Crippen LogP contribution in [0.2, 0.25) is 10.0 Å². The molecule has 5 nitrogen and oxygen atoms in total. The minimum Gasteiger partial charge on any atom is -0.314 e. The van der Waals surface area contributed by atoms with Crippen LogP contribution in [-0.4, -0.2) is 26.9 Å². The number of rotatable bonds is 7. The molecule has 1 heterocycles. The predicted molar refractivity (Wildman–Crippen MR) is 138 cm³/mol. The molecule has 4 rings (SSSR count). The molecule has 33 heavy (non-hydrogen) atoms. The van der Waals surface area contributed by atoms with Crippen LogP contribution in [0.3, 0.4) is 0 Å². The second-order valence-electron chi connectivity index (χ2n) is 7.60. The number of imidazole rings is 1. The van der Waals surface area contributed by atoms with Crippen LogP contribution in [0.1, 0.15) is 23.6 Å². The van der Waals surface area contributed by atoms with Crippen LogP contribution in [0.4, 0.5) is 0 Å². The standard InChI is InChI=1S/C25H22Cl2N4OS/c1-16-7-9-18(10-8-16)14-31-23-6-4-3-5-22(23)28-25(31)33-15-24(32)30-29-17(2)19-11-12-20(26)21(27)13-19/h3-13H,14-15H2,1-2H3,(H,30,32). The van der Waals surface area contributed by atoms with E-state index in [9.17, 15) is 4.79 Å². The first-order valence-electron chi connectivity index (χ1n) is 10.3. The van der Waals surface area contributed by atoms with E-state index in [2.05, 4.69) is 46.3 Å². The summed E-state index contributed by atoms with van der Waals surface area (Å²) in [4.78, 5) is 17.2. The second-order valence-corrected chi connectivity index (χ2v) is 9.36. The number of amides is 1. The number of hydrogen-bond acceptors (Lipinski definition) is 4. The normalized spacial score (nSPS) is 11.7. The van der Waals surface area contributed by atoms with Gasteiger partial charge in [-0.2, -0.15) is 5.10 Å². The quantitative estimate of drug-likeness (QED) is 0.184. The van der Waals surface area contributed by atoms with Crippen molar-refractivity contribution in [1.29, 1.82) is 0 Å². The fourth-order valence-corrected chi connectivity index (χ4v) is 4.39. The molecule has 1 amide bonds. The van der Waals surface area contributed by atoms with E-state index >= 15 is 0 Å². The van der Waals surface area contributed by atoms with Gasteiger partial charge in [-0.15, -0.1) is 0 Å². The van der Waals surface area contributed by atoms with Gasteiger partial charge in [0.2, 0.25) is 0 Å². The summed E-state index contributed by atoms with van der Waals surface area (Å²) in [5.74, 6) is -0.0246. The van der Waals surface area contributed by atoms with E-state index in [1.54, 1.807) is 25.1 Å². The van der Waals surface area contributed by atoms with E-state index in [-0.39, 0.29) is 11.7 Å². The average Bonchev–Trinajstić information content (AvgIpc) is 3.16. The van der Waals surface area contributed by atoms with Gasteiger partial charge in [0.05, 0.1) is 39.1 Å². The van der Waals surface area contributed by atoms with Gasteiger partial charge in [0.15, 0.2) is 5.16 Å². The smallest absolute Gasteiger partial charge is 0.250 e. The molecule has 0 spiro atoms. The van der Waals surface area contributed by atoms with Gasteiger partial charge in [0.25, 0.3) is 5.91 Å². The number of carbonyl (C=O) groups is 1. The second kappa shape index (κ2) is 10.4. The molecular formula is C25H22Cl2N4OS. The number of aryl methyl sites for hydroxylation is 1. The highest BCUT2D eigenvalue weighted by molar-refractivity contribution is 7.99. The van der Waals surface area contributed by atoms with Crippen molar-refractivity contribution in [2.24, 2.45) is 5.10 Å². The van der Waals surface area contributed by atoms with Crippen molar-refractivity contribution in [3.05, 3.63) is 93.5 Å². The van der Waals surface area contributed by atoms with Crippen LogP contribution in [0.25, 0.3) is 11.0 Å². The van der Waals surface area contributed by atoms with Crippen molar-refractivity contribution in [3.8, 4) is 0 Å². The van der Waals surface area contributed by atoms with Gasteiger partial charge >= 0.3 is 0 Å². The molecule has 0 fully saturated rings. The molecule has 4 aromatic rings. The molecule has 0 aliphatic rings. The predicted octanol–water partition coefficient (Wildman–Crippen LogP) is 6.33. The largest absolute Gasteiger partial charge is 0.314 e. The molecule has 0 atom stereocenters. The first-order chi connectivity index (χ1) is 15.9. The Hall–Kier alpha value is -2.80. The average molecular weight is 497 g/mol. The van der Waals surface area contributed by atoms with Gasteiger partial charge in [-0.3, -0.25) is 4.79 Å². The Labute approximate surface area is 206 Å². The lowest BCUT2D eigenvalue weighted by Gasteiger charge is -2.09. The lowest BCUT2D eigenvalue weighted by atomic mass is 10.1. The topological polar surface area (TPSA) is 59.3 Å². The Morgan fingerprint density at radius 2 is 1.82 bits per heavy atom. The molecule has 0 aliphatic heterocycles. The van der Waals surface area contributed by atoms with Gasteiger partial charge in [-0.25, -0.2) is 10.4 Å². The molecule has 0 unspecified atom stereocenters. The zero-order chi connectivity index (χ0) is 23.4. The Balaban J connectivity index is 1.46. The number of hydrogen-bond donors (Lipinski definition) is 1. The molecule has 0 bridgehead atoms. The highest BCUT2D eigenvalue weighted by atomic mass is 35.5. The summed E-state index contributed by atoms with van der Waals surface area (Å²) in [7, 11) is 0. The maximum absolute atomic E-state index is 12.5. The van der Waals surface area contributed by atoms with E-state index in [1.165, 1.54) is 22.9 Å². The third-order valence-corrected chi connectivity index (χ3v) is 6.81. The number of carbonyl (C=O) groups excluding carboxylic acids is 1. The highest BCUT2D eigenvalue weighted by Crippen LogP contribution is 2.26. The van der Waals surface area contributed by atoms with Crippen molar-refractivity contribution >= 4 is 57.6 Å². The third kappa shape index (κ3) is 5.77. The first kappa shape index (κ1) is 23.4. The van der Waals surface area contributed by atoms with Gasteiger partial charge in [0.1, 0.15) is 0 Å². The monoisotopic (exact) mass is 496 g/mol. The number of nitrogens with one attached hydrogen (secondary N) is 1. The Bertz CT molecular complexity index is 1330. The van der Waals surface area contributed by atoms with Crippen molar-refractivity contribution < 1.29 is 4.79 Å². The molecule has 168 valence electrons. The zero-order valence-corrected chi connectivity index (χ0v) is 20.5. The Kier molecular flexibility index (Phi) is 7.38. The summed E-state index contributed by atoms with van der Waals surface area (Å²) in [5.41, 5.74) is 8.37. The minimum absolute atomic E-state index is 0.190. The van der Waals surface area contributed by atoms with Gasteiger partial charge < -0.3 is 4.57 Å². The van der Waals surface area contributed by atoms with Gasteiger partial charge in [-0.1, -0.05) is 83.0 Å². The van der Waals surface area contributed by atoms with Crippen LogP contribution in [0.5, 0.6) is 0 Å². The zero-order valence-electron chi connectivity index (χ0n) is 18.2. The van der Waals surface area contributed by atoms with Crippen LogP contribution in [0, 0.1) is 6.92 Å². The number of halogens is 2. The van der Waals surface area contributed by atoms with E-state index in [1.807, 2.05) is 24.3 Å². The van der Waals surface area contributed by atoms with Crippen LogP contribution >= 0.6 is 35.0 Å². The summed E-state index contributed by atoms with van der Waals surface area (Å²) >= 11 is 13.4. The summed E-state index contributed by atoms with van der Waals surface area (Å²) < 4.78 is 2.14. The lowest BCUT2D eigenvalue weighted by molar-refractivity contribution is -0.118. The van der Waals surface area contributed by atoms with Gasteiger partial charge in [-0.05, 0) is 49.2 Å². The summed E-state index contributed by atoms with van der Waals surface area (Å²) in [6.45, 7) is 4.55. The van der Waals surface area contributed by atoms with Crippen molar-refractivity contribution in [3.63, 3.8) is 0 Å². The number of para-hydroxylation sites is 2. The molecule has 0 radical (unpaired) electrons. The number of benzene rings is 3. The SMILES string of the molecule is CC(=NNC(=O)CSc1nc2ccccc2n1Cc1ccc(C)cc1)c1ccc(Cl)c(Cl)c1. The number of fused-ring (bicyclic) bond motifs is 1. The Morgan fingerprint density at radius 3 is 2.58 bits per heavy atom. The number of nitrogens with zero attached hydrogens (tertiary/aromatic N) is 3. The Morgan fingerprint density at radius 1 is 1.06 bits per heavy atom. The molecular weight excluding hydrogens is 475 g/mol. The number of aromatic nitrogens is 2. The molecule has 1 aromatic heterocycles. The number of hydrazone groups is 1. The summed E-state index contributed by atoms with van der Waals surface area (Å²) in [5, 5.41) is 5.90. The van der Waals surface area contributed by atoms with E-state index < -0.39 is 0 Å². The van der Waals surface area contributed by atoms with Crippen LogP contribution in [0.15, 0.2) is 77.0 Å². The van der Waals surface area contributed by atoms with Crippen LogP contribution in [-0.2, 0) is 11.3 Å². The van der Waals surface area contributed by atoms with E-state index in [0.717, 1.165) is 21.8 Å². The molecule has 0 saturated carbocycles. The highest BCUT2D eigenvalue weighted by Gasteiger charge is 2.13. The lowest BCUT2D eigenvalue weighted by Crippen LogP contribution is -2.21. The molecule has 8 heteroatoms. The van der Waals surface area contributed by atoms with Crippen molar-refractivity contribution in [2.45, 2.75) is 25.5 Å². The van der Waals surface area contributed by atoms with Crippen molar-refractivity contribution in [1.82, 2.24) is 15.0 Å². The third-order valence-electron chi connectivity index (χ3n) is 5.10. The fourth-order valence-electron chi connectivity index (χ4n) is 3.29. The van der Waals surface area contributed by atoms with Gasteiger partial charge in [0, 0.05) is 0 Å². The van der Waals surface area contributed by atoms with Crippen molar-refractivity contribution in [2.75, 3.05) is 5.75 Å². The van der Waals surface area contributed by atoms with E-state index in [0.29, 0.717) is 22.3 Å². The molecule has 0 saturated heterocycles. The molecule has 3 aromatic carbocycles. The molecule has 0 aliphatic carbocycles. The van der Waals surface area contributed by atoms with Crippen LogP contribution < -0.4 is 5.43 Å².